The monoisotopic (exact) mass is 394 g/mol. The molecule has 1 heterocycles. The van der Waals surface area contributed by atoms with Crippen molar-refractivity contribution in [1.29, 1.82) is 0 Å². The van der Waals surface area contributed by atoms with Crippen LogP contribution in [0, 0.1) is 0 Å². The van der Waals surface area contributed by atoms with Gasteiger partial charge in [-0.1, -0.05) is 25.7 Å². The summed E-state index contributed by atoms with van der Waals surface area (Å²) < 4.78 is 0. The summed E-state index contributed by atoms with van der Waals surface area (Å²) in [6.45, 7) is 6.54. The summed E-state index contributed by atoms with van der Waals surface area (Å²) in [5.74, 6) is 0. The van der Waals surface area contributed by atoms with E-state index < -0.39 is 0 Å². The third-order valence-corrected chi connectivity index (χ3v) is 7.04. The molecule has 3 fully saturated rings. The van der Waals surface area contributed by atoms with Gasteiger partial charge in [-0.3, -0.25) is 0 Å². The fourth-order valence-electron chi connectivity index (χ4n) is 5.38. The molecule has 1 saturated heterocycles. The van der Waals surface area contributed by atoms with E-state index in [0.717, 1.165) is 39.3 Å². The second-order valence-electron chi connectivity index (χ2n) is 9.16. The molecule has 0 aromatic rings. The van der Waals surface area contributed by atoms with Crippen molar-refractivity contribution in [3.8, 4) is 0 Å². The van der Waals surface area contributed by atoms with Crippen molar-refractivity contribution in [2.24, 2.45) is 0 Å². The standard InChI is InChI=1S/C22H46N6/c1-23-12-6-7-18-17-28-22-11-5-4-10-21(22)27-16-15-26-20-9-3-2-8-19(20)25-14-13-24-18/h18-28H,2-17H2,1H3/t18-,19+,20+,21+,22+/m0/s1. The van der Waals surface area contributed by atoms with Crippen molar-refractivity contribution in [2.45, 2.75) is 94.4 Å². The second kappa shape index (κ2) is 13.1. The summed E-state index contributed by atoms with van der Waals surface area (Å²) >= 11 is 0. The summed E-state index contributed by atoms with van der Waals surface area (Å²) in [6, 6.07) is 3.13. The van der Waals surface area contributed by atoms with Gasteiger partial charge in [0, 0.05) is 62.9 Å². The Balaban J connectivity index is 1.57. The number of nitrogens with one attached hydrogen (secondary N) is 6. The van der Waals surface area contributed by atoms with Gasteiger partial charge in [-0.05, 0) is 52.1 Å². The molecule has 3 aliphatic rings. The minimum Gasteiger partial charge on any atom is -0.320 e. The maximum Gasteiger partial charge on any atom is 0.0221 e. The Kier molecular flexibility index (Phi) is 10.5. The average Bonchev–Trinajstić information content (AvgIpc) is 2.73. The minimum atomic E-state index is 0.572. The average molecular weight is 395 g/mol. The second-order valence-corrected chi connectivity index (χ2v) is 9.16. The third-order valence-electron chi connectivity index (χ3n) is 7.04. The first kappa shape index (κ1) is 22.4. The van der Waals surface area contributed by atoms with Crippen molar-refractivity contribution in [2.75, 3.05) is 46.3 Å². The smallest absolute Gasteiger partial charge is 0.0221 e. The molecule has 6 N–H and O–H groups in total. The Morgan fingerprint density at radius 1 is 0.643 bits per heavy atom. The summed E-state index contributed by atoms with van der Waals surface area (Å²) in [6.07, 6.45) is 13.3. The lowest BCUT2D eigenvalue weighted by molar-refractivity contribution is 0.267. The molecule has 1 aliphatic heterocycles. The predicted molar refractivity (Wildman–Crippen MR) is 119 cm³/mol. The van der Waals surface area contributed by atoms with E-state index >= 15 is 0 Å². The molecule has 164 valence electrons. The highest BCUT2D eigenvalue weighted by Crippen LogP contribution is 2.20. The zero-order valence-electron chi connectivity index (χ0n) is 18.2. The first-order valence-corrected chi connectivity index (χ1v) is 12.2. The third kappa shape index (κ3) is 7.54. The Hall–Kier alpha value is -0.240. The molecular weight excluding hydrogens is 348 g/mol. The Morgan fingerprint density at radius 2 is 1.11 bits per heavy atom. The molecule has 0 spiro atoms. The van der Waals surface area contributed by atoms with E-state index in [1.165, 1.54) is 64.2 Å². The lowest BCUT2D eigenvalue weighted by Gasteiger charge is -2.35. The van der Waals surface area contributed by atoms with E-state index in [1.807, 2.05) is 0 Å². The molecule has 0 amide bonds. The molecule has 5 atom stereocenters. The predicted octanol–water partition coefficient (Wildman–Crippen LogP) is 0.939. The fraction of sp³-hybridized carbons (Fsp3) is 1.00. The van der Waals surface area contributed by atoms with Crippen LogP contribution in [0.1, 0.15) is 64.2 Å². The van der Waals surface area contributed by atoms with Gasteiger partial charge in [-0.15, -0.1) is 0 Å². The number of fused-ring (bicyclic) bond motifs is 2. The molecule has 0 aromatic heterocycles. The molecule has 0 aromatic carbocycles. The van der Waals surface area contributed by atoms with E-state index in [2.05, 4.69) is 38.9 Å². The van der Waals surface area contributed by atoms with Crippen LogP contribution in [-0.4, -0.2) is 76.5 Å². The van der Waals surface area contributed by atoms with Gasteiger partial charge in [-0.25, -0.2) is 0 Å². The fourth-order valence-corrected chi connectivity index (χ4v) is 5.38. The van der Waals surface area contributed by atoms with Crippen molar-refractivity contribution in [1.82, 2.24) is 31.9 Å². The van der Waals surface area contributed by atoms with Gasteiger partial charge in [0.15, 0.2) is 0 Å². The van der Waals surface area contributed by atoms with Gasteiger partial charge >= 0.3 is 0 Å². The first-order valence-electron chi connectivity index (χ1n) is 12.2. The number of hydrogen-bond donors (Lipinski definition) is 6. The molecular formula is C22H46N6. The van der Waals surface area contributed by atoms with Crippen LogP contribution in [0.2, 0.25) is 0 Å². The Labute approximate surface area is 173 Å². The van der Waals surface area contributed by atoms with Crippen molar-refractivity contribution >= 4 is 0 Å². The van der Waals surface area contributed by atoms with Gasteiger partial charge in [-0.2, -0.15) is 0 Å². The van der Waals surface area contributed by atoms with Gasteiger partial charge < -0.3 is 31.9 Å². The van der Waals surface area contributed by atoms with Gasteiger partial charge in [0.2, 0.25) is 0 Å². The van der Waals surface area contributed by atoms with Crippen LogP contribution in [0.3, 0.4) is 0 Å². The molecule has 6 heteroatoms. The van der Waals surface area contributed by atoms with Crippen molar-refractivity contribution in [3.05, 3.63) is 0 Å². The van der Waals surface area contributed by atoms with Crippen LogP contribution in [0.25, 0.3) is 0 Å². The van der Waals surface area contributed by atoms with Crippen molar-refractivity contribution in [3.63, 3.8) is 0 Å². The van der Waals surface area contributed by atoms with Gasteiger partial charge in [0.25, 0.3) is 0 Å². The zero-order valence-corrected chi connectivity index (χ0v) is 18.2. The van der Waals surface area contributed by atoms with E-state index in [4.69, 9.17) is 0 Å². The maximum absolute atomic E-state index is 3.93. The highest BCUT2D eigenvalue weighted by molar-refractivity contribution is 4.90. The van der Waals surface area contributed by atoms with Gasteiger partial charge in [0.05, 0.1) is 0 Å². The molecule has 0 bridgehead atoms. The van der Waals surface area contributed by atoms with Crippen LogP contribution < -0.4 is 31.9 Å². The van der Waals surface area contributed by atoms with E-state index in [9.17, 15) is 0 Å². The summed E-state index contributed by atoms with van der Waals surface area (Å²) in [7, 11) is 2.05. The summed E-state index contributed by atoms with van der Waals surface area (Å²) in [4.78, 5) is 0. The molecule has 0 unspecified atom stereocenters. The van der Waals surface area contributed by atoms with Crippen LogP contribution in [-0.2, 0) is 0 Å². The topological polar surface area (TPSA) is 72.2 Å². The molecule has 3 rings (SSSR count). The number of rotatable bonds is 4. The van der Waals surface area contributed by atoms with E-state index in [-0.39, 0.29) is 0 Å². The van der Waals surface area contributed by atoms with E-state index in [0.29, 0.717) is 30.2 Å². The highest BCUT2D eigenvalue weighted by atomic mass is 15.1. The van der Waals surface area contributed by atoms with Crippen LogP contribution in [0.4, 0.5) is 0 Å². The SMILES string of the molecule is CNCCC[C@H]1CN[C@@H]2CCCC[C@H]2NCCN[C@@H]2CCCC[C@H]2NCCN1. The summed E-state index contributed by atoms with van der Waals surface area (Å²) in [5, 5.41) is 22.7. The molecule has 28 heavy (non-hydrogen) atoms. The lowest BCUT2D eigenvalue weighted by Crippen LogP contribution is -2.54. The van der Waals surface area contributed by atoms with E-state index in [1.54, 1.807) is 0 Å². The largest absolute Gasteiger partial charge is 0.320 e. The highest BCUT2D eigenvalue weighted by Gasteiger charge is 2.27. The van der Waals surface area contributed by atoms with Crippen molar-refractivity contribution < 1.29 is 0 Å². The lowest BCUT2D eigenvalue weighted by atomic mass is 9.89. The Bertz CT molecular complexity index is 406. The zero-order chi connectivity index (χ0) is 19.4. The molecule has 6 nitrogen and oxygen atoms in total. The van der Waals surface area contributed by atoms with Gasteiger partial charge in [0.1, 0.15) is 0 Å². The quantitative estimate of drug-likeness (QED) is 0.399. The van der Waals surface area contributed by atoms with Crippen LogP contribution in [0.5, 0.6) is 0 Å². The van der Waals surface area contributed by atoms with Crippen LogP contribution in [0.15, 0.2) is 0 Å². The van der Waals surface area contributed by atoms with Crippen LogP contribution >= 0.6 is 0 Å². The minimum absolute atomic E-state index is 0.572. The molecule has 0 radical (unpaired) electrons. The first-order chi connectivity index (χ1) is 13.9. The molecule has 2 saturated carbocycles. The summed E-state index contributed by atoms with van der Waals surface area (Å²) in [5.41, 5.74) is 0. The molecule has 2 aliphatic carbocycles. The normalized spacial score (nSPS) is 36.5. The maximum atomic E-state index is 3.93. The number of hydrogen-bond acceptors (Lipinski definition) is 6. The Morgan fingerprint density at radius 3 is 1.61 bits per heavy atom.